The van der Waals surface area contributed by atoms with Crippen LogP contribution in [0.4, 0.5) is 11.8 Å². The first-order valence-electron chi connectivity index (χ1n) is 4.65. The summed E-state index contributed by atoms with van der Waals surface area (Å²) in [5.41, 5.74) is 13.3. The van der Waals surface area contributed by atoms with Gasteiger partial charge in [-0.3, -0.25) is 0 Å². The summed E-state index contributed by atoms with van der Waals surface area (Å²) in [4.78, 5) is 11.4. The van der Waals surface area contributed by atoms with E-state index in [1.54, 1.807) is 0 Å². The summed E-state index contributed by atoms with van der Waals surface area (Å²) < 4.78 is 1.09. The molecule has 0 saturated heterocycles. The highest BCUT2D eigenvalue weighted by molar-refractivity contribution is 14.1. The van der Waals surface area contributed by atoms with Crippen LogP contribution < -0.4 is 11.5 Å². The second-order valence-corrected chi connectivity index (χ2v) is 4.65. The molecule has 0 atom stereocenters. The SMILES string of the molecule is Nc1nc(N)c2c(cc(I)c3[nH]ccc32)n1. The van der Waals surface area contributed by atoms with Gasteiger partial charge in [-0.2, -0.15) is 4.98 Å². The molecule has 0 fully saturated rings. The largest absolute Gasteiger partial charge is 0.383 e. The zero-order valence-corrected chi connectivity index (χ0v) is 10.3. The minimum Gasteiger partial charge on any atom is -0.383 e. The first-order valence-corrected chi connectivity index (χ1v) is 5.73. The van der Waals surface area contributed by atoms with Crippen LogP contribution in [0.3, 0.4) is 0 Å². The Balaban J connectivity index is 2.64. The fourth-order valence-corrected chi connectivity index (χ4v) is 2.60. The summed E-state index contributed by atoms with van der Waals surface area (Å²) in [5, 5.41) is 1.88. The number of hydrogen-bond acceptors (Lipinski definition) is 4. The molecule has 3 rings (SSSR count). The molecular formula is C10H8IN5. The summed E-state index contributed by atoms with van der Waals surface area (Å²) in [5.74, 6) is 0.624. The van der Waals surface area contributed by atoms with Crippen molar-refractivity contribution in [2.45, 2.75) is 0 Å². The average Bonchev–Trinajstić information content (AvgIpc) is 2.65. The molecule has 0 aliphatic heterocycles. The second-order valence-electron chi connectivity index (χ2n) is 3.49. The summed E-state index contributed by atoms with van der Waals surface area (Å²) in [6.45, 7) is 0. The molecule has 5 nitrogen and oxygen atoms in total. The maximum Gasteiger partial charge on any atom is 0.222 e. The van der Waals surface area contributed by atoms with Crippen LogP contribution in [0.2, 0.25) is 0 Å². The van der Waals surface area contributed by atoms with E-state index in [-0.39, 0.29) is 5.95 Å². The minimum atomic E-state index is 0.204. The molecule has 2 heterocycles. The lowest BCUT2D eigenvalue weighted by atomic mass is 10.1. The molecule has 5 N–H and O–H groups in total. The number of rotatable bonds is 0. The van der Waals surface area contributed by atoms with E-state index in [1.165, 1.54) is 0 Å². The van der Waals surface area contributed by atoms with Gasteiger partial charge in [-0.05, 0) is 34.7 Å². The van der Waals surface area contributed by atoms with Gasteiger partial charge in [0.05, 0.1) is 16.4 Å². The van der Waals surface area contributed by atoms with Crippen molar-refractivity contribution in [3.63, 3.8) is 0 Å². The number of nitrogen functional groups attached to an aromatic ring is 2. The molecule has 0 saturated carbocycles. The number of halogens is 1. The molecule has 6 heteroatoms. The maximum absolute atomic E-state index is 5.88. The number of hydrogen-bond donors (Lipinski definition) is 3. The van der Waals surface area contributed by atoms with Crippen LogP contribution in [0.25, 0.3) is 21.8 Å². The van der Waals surface area contributed by atoms with Crippen molar-refractivity contribution in [3.05, 3.63) is 21.9 Å². The third-order valence-electron chi connectivity index (χ3n) is 2.50. The van der Waals surface area contributed by atoms with Crippen molar-refractivity contribution in [1.82, 2.24) is 15.0 Å². The van der Waals surface area contributed by atoms with E-state index >= 15 is 0 Å². The van der Waals surface area contributed by atoms with Crippen LogP contribution in [-0.2, 0) is 0 Å². The van der Waals surface area contributed by atoms with Gasteiger partial charge in [0.2, 0.25) is 5.95 Å². The van der Waals surface area contributed by atoms with Gasteiger partial charge in [0.25, 0.3) is 0 Å². The van der Waals surface area contributed by atoms with Gasteiger partial charge < -0.3 is 16.5 Å². The van der Waals surface area contributed by atoms with Crippen LogP contribution in [0, 0.1) is 3.57 Å². The monoisotopic (exact) mass is 325 g/mol. The minimum absolute atomic E-state index is 0.204. The van der Waals surface area contributed by atoms with Crippen molar-refractivity contribution >= 4 is 56.2 Å². The normalized spacial score (nSPS) is 11.3. The van der Waals surface area contributed by atoms with Crippen molar-refractivity contribution in [2.75, 3.05) is 11.5 Å². The predicted molar refractivity (Wildman–Crippen MR) is 72.9 cm³/mol. The second kappa shape index (κ2) is 3.21. The summed E-state index contributed by atoms with van der Waals surface area (Å²) in [6, 6.07) is 3.92. The number of nitrogens with one attached hydrogen (secondary N) is 1. The summed E-state index contributed by atoms with van der Waals surface area (Å²) in [6.07, 6.45) is 1.88. The number of anilines is 2. The molecule has 1 aromatic carbocycles. The molecule has 0 aliphatic rings. The standard InChI is InChI=1S/C10H8IN5/c11-5-3-6-7(4-1-2-14-8(4)5)9(12)16-10(13)15-6/h1-3,14H,(H4,12,13,15,16). The highest BCUT2D eigenvalue weighted by Crippen LogP contribution is 2.31. The first kappa shape index (κ1) is 9.64. The van der Waals surface area contributed by atoms with E-state index in [1.807, 2.05) is 18.3 Å². The van der Waals surface area contributed by atoms with Crippen LogP contribution in [0.1, 0.15) is 0 Å². The Labute approximate surface area is 104 Å². The smallest absolute Gasteiger partial charge is 0.222 e. The van der Waals surface area contributed by atoms with Gasteiger partial charge in [0, 0.05) is 15.2 Å². The molecule has 0 amide bonds. The number of aromatic amines is 1. The van der Waals surface area contributed by atoms with Gasteiger partial charge in [-0.15, -0.1) is 0 Å². The molecule has 16 heavy (non-hydrogen) atoms. The maximum atomic E-state index is 5.88. The highest BCUT2D eigenvalue weighted by Gasteiger charge is 2.11. The van der Waals surface area contributed by atoms with E-state index in [2.05, 4.69) is 37.5 Å². The number of fused-ring (bicyclic) bond motifs is 3. The van der Waals surface area contributed by atoms with Gasteiger partial charge in [0.1, 0.15) is 5.82 Å². The van der Waals surface area contributed by atoms with Crippen LogP contribution in [-0.4, -0.2) is 15.0 Å². The van der Waals surface area contributed by atoms with Crippen molar-refractivity contribution in [3.8, 4) is 0 Å². The lowest BCUT2D eigenvalue weighted by Crippen LogP contribution is -2.01. The van der Waals surface area contributed by atoms with Crippen molar-refractivity contribution in [1.29, 1.82) is 0 Å². The van der Waals surface area contributed by atoms with Crippen LogP contribution in [0.15, 0.2) is 18.3 Å². The molecule has 0 aliphatic carbocycles. The zero-order chi connectivity index (χ0) is 11.3. The summed E-state index contributed by atoms with van der Waals surface area (Å²) >= 11 is 2.25. The van der Waals surface area contributed by atoms with Gasteiger partial charge in [0.15, 0.2) is 0 Å². The number of nitrogens with two attached hydrogens (primary N) is 2. The first-order chi connectivity index (χ1) is 7.66. The average molecular weight is 325 g/mol. The van der Waals surface area contributed by atoms with E-state index in [4.69, 9.17) is 11.5 Å². The third-order valence-corrected chi connectivity index (χ3v) is 3.35. The third kappa shape index (κ3) is 1.22. The van der Waals surface area contributed by atoms with E-state index in [0.717, 1.165) is 25.4 Å². The Morgan fingerprint density at radius 3 is 2.88 bits per heavy atom. The molecule has 2 aromatic heterocycles. The van der Waals surface area contributed by atoms with Crippen LogP contribution >= 0.6 is 22.6 Å². The van der Waals surface area contributed by atoms with Crippen LogP contribution in [0.5, 0.6) is 0 Å². The molecular weight excluding hydrogens is 317 g/mol. The Morgan fingerprint density at radius 1 is 1.25 bits per heavy atom. The number of nitrogens with zero attached hydrogens (tertiary/aromatic N) is 2. The number of aromatic nitrogens is 3. The lowest BCUT2D eigenvalue weighted by Gasteiger charge is -2.05. The van der Waals surface area contributed by atoms with Gasteiger partial charge >= 0.3 is 0 Å². The molecule has 80 valence electrons. The highest BCUT2D eigenvalue weighted by atomic mass is 127. The Bertz CT molecular complexity index is 703. The van der Waals surface area contributed by atoms with Gasteiger partial charge in [-0.25, -0.2) is 4.98 Å². The van der Waals surface area contributed by atoms with E-state index in [9.17, 15) is 0 Å². The van der Waals surface area contributed by atoms with Gasteiger partial charge in [-0.1, -0.05) is 0 Å². The Morgan fingerprint density at radius 2 is 2.06 bits per heavy atom. The lowest BCUT2D eigenvalue weighted by molar-refractivity contribution is 1.25. The van der Waals surface area contributed by atoms with E-state index in [0.29, 0.717) is 5.82 Å². The number of benzene rings is 1. The van der Waals surface area contributed by atoms with Crippen molar-refractivity contribution in [2.24, 2.45) is 0 Å². The quantitative estimate of drug-likeness (QED) is 0.550. The van der Waals surface area contributed by atoms with E-state index < -0.39 is 0 Å². The topological polar surface area (TPSA) is 93.6 Å². The molecule has 0 bridgehead atoms. The zero-order valence-electron chi connectivity index (χ0n) is 8.16. The fourth-order valence-electron chi connectivity index (χ4n) is 1.86. The summed E-state index contributed by atoms with van der Waals surface area (Å²) in [7, 11) is 0. The molecule has 3 aromatic rings. The Hall–Kier alpha value is -1.57. The molecule has 0 radical (unpaired) electrons. The number of H-pyrrole nitrogens is 1. The molecule has 0 unspecified atom stereocenters. The predicted octanol–water partition coefficient (Wildman–Crippen LogP) is 1.88. The fraction of sp³-hybridized carbons (Fsp3) is 0. The Kier molecular flexibility index (Phi) is 1.93. The van der Waals surface area contributed by atoms with Crippen molar-refractivity contribution < 1.29 is 0 Å². The molecule has 0 spiro atoms.